The van der Waals surface area contributed by atoms with E-state index in [1.165, 1.54) is 24.8 Å². The predicted octanol–water partition coefficient (Wildman–Crippen LogP) is 4.27. The molecule has 0 amide bonds. The summed E-state index contributed by atoms with van der Waals surface area (Å²) in [6, 6.07) is 0.540. The van der Waals surface area contributed by atoms with Crippen LogP contribution in [0.1, 0.15) is 65.4 Å². The second-order valence-corrected chi connectivity index (χ2v) is 6.78. The number of rotatable bonds is 5. The molecule has 1 aliphatic carbocycles. The van der Waals surface area contributed by atoms with Crippen molar-refractivity contribution in [1.29, 1.82) is 0 Å². The Hall–Kier alpha value is -1.32. The average Bonchev–Trinajstić information content (AvgIpc) is 2.43. The van der Waals surface area contributed by atoms with E-state index >= 15 is 0 Å². The van der Waals surface area contributed by atoms with E-state index in [4.69, 9.17) is 0 Å². The molecule has 1 heterocycles. The lowest BCUT2D eigenvalue weighted by Crippen LogP contribution is -2.31. The summed E-state index contributed by atoms with van der Waals surface area (Å²) in [5.41, 5.74) is 1.21. The van der Waals surface area contributed by atoms with Gasteiger partial charge in [-0.05, 0) is 43.9 Å². The zero-order valence-electron chi connectivity index (χ0n) is 14.1. The van der Waals surface area contributed by atoms with Crippen LogP contribution in [-0.2, 0) is 0 Å². The maximum absolute atomic E-state index is 4.52. The van der Waals surface area contributed by atoms with E-state index in [9.17, 15) is 0 Å². The third kappa shape index (κ3) is 3.86. The smallest absolute Gasteiger partial charge is 0.135 e. The highest BCUT2D eigenvalue weighted by Gasteiger charge is 2.26. The molecule has 1 aliphatic rings. The van der Waals surface area contributed by atoms with Gasteiger partial charge in [0.2, 0.25) is 0 Å². The molecule has 0 aromatic carbocycles. The lowest BCUT2D eigenvalue weighted by molar-refractivity contribution is 0.260. The van der Waals surface area contributed by atoms with Gasteiger partial charge in [0.25, 0.3) is 0 Å². The van der Waals surface area contributed by atoms with E-state index in [2.05, 4.69) is 55.2 Å². The van der Waals surface area contributed by atoms with Crippen LogP contribution in [0.25, 0.3) is 0 Å². The van der Waals surface area contributed by atoms with Crippen molar-refractivity contribution < 1.29 is 0 Å². The van der Waals surface area contributed by atoms with Gasteiger partial charge in [-0.15, -0.1) is 0 Å². The summed E-state index contributed by atoms with van der Waals surface area (Å²) >= 11 is 0. The van der Waals surface area contributed by atoms with Crippen molar-refractivity contribution in [1.82, 2.24) is 9.97 Å². The Kier molecular flexibility index (Phi) is 5.43. The topological polar surface area (TPSA) is 49.8 Å². The maximum Gasteiger partial charge on any atom is 0.135 e. The first-order valence-electron chi connectivity index (χ1n) is 8.38. The summed E-state index contributed by atoms with van der Waals surface area (Å²) in [5.74, 6) is 4.02. The lowest BCUT2D eigenvalue weighted by atomic mass is 9.79. The van der Waals surface area contributed by atoms with Gasteiger partial charge in [0.05, 0.1) is 0 Å². The highest BCUT2D eigenvalue weighted by atomic mass is 15.1. The monoisotopic (exact) mass is 290 g/mol. The van der Waals surface area contributed by atoms with E-state index in [0.717, 1.165) is 30.0 Å². The van der Waals surface area contributed by atoms with Gasteiger partial charge in [-0.3, -0.25) is 0 Å². The van der Waals surface area contributed by atoms with Gasteiger partial charge in [-0.1, -0.05) is 27.7 Å². The third-order valence-electron chi connectivity index (χ3n) is 4.74. The van der Waals surface area contributed by atoms with Crippen LogP contribution in [0.2, 0.25) is 0 Å². The first-order chi connectivity index (χ1) is 10.0. The first-order valence-corrected chi connectivity index (χ1v) is 8.38. The number of aromatic nitrogens is 2. The average molecular weight is 290 g/mol. The molecule has 1 aromatic heterocycles. The molecule has 1 saturated carbocycles. The lowest BCUT2D eigenvalue weighted by Gasteiger charge is -2.33. The fourth-order valence-corrected chi connectivity index (χ4v) is 3.24. The summed E-state index contributed by atoms with van der Waals surface area (Å²) in [6.07, 6.45) is 5.45. The zero-order valence-corrected chi connectivity index (χ0v) is 14.1. The Morgan fingerprint density at radius 2 is 1.86 bits per heavy atom. The molecule has 1 aromatic rings. The largest absolute Gasteiger partial charge is 0.370 e. The molecule has 3 atom stereocenters. The highest BCUT2D eigenvalue weighted by Crippen LogP contribution is 2.33. The Morgan fingerprint density at radius 3 is 2.48 bits per heavy atom. The fourth-order valence-electron chi connectivity index (χ4n) is 3.24. The van der Waals surface area contributed by atoms with Gasteiger partial charge in [0.1, 0.15) is 18.0 Å². The van der Waals surface area contributed by atoms with Crippen LogP contribution in [0.15, 0.2) is 6.33 Å². The Labute approximate surface area is 129 Å². The zero-order chi connectivity index (χ0) is 15.4. The molecule has 0 radical (unpaired) electrons. The molecule has 0 saturated heterocycles. The van der Waals surface area contributed by atoms with Crippen LogP contribution >= 0.6 is 0 Å². The van der Waals surface area contributed by atoms with Crippen molar-refractivity contribution in [2.24, 2.45) is 11.8 Å². The molecule has 3 unspecified atom stereocenters. The number of hydrogen-bond acceptors (Lipinski definition) is 4. The molecule has 0 bridgehead atoms. The van der Waals surface area contributed by atoms with Gasteiger partial charge < -0.3 is 10.6 Å². The highest BCUT2D eigenvalue weighted by molar-refractivity contribution is 5.59. The van der Waals surface area contributed by atoms with Crippen LogP contribution in [0.5, 0.6) is 0 Å². The maximum atomic E-state index is 4.52. The molecule has 21 heavy (non-hydrogen) atoms. The molecule has 2 rings (SSSR count). The number of nitrogens with zero attached hydrogens (tertiary/aromatic N) is 2. The molecule has 0 spiro atoms. The minimum absolute atomic E-state index is 0.405. The van der Waals surface area contributed by atoms with Crippen LogP contribution in [0.4, 0.5) is 11.6 Å². The van der Waals surface area contributed by atoms with Crippen molar-refractivity contribution in [3.8, 4) is 0 Å². The fraction of sp³-hybridized carbons (Fsp3) is 0.765. The van der Waals surface area contributed by atoms with Crippen LogP contribution < -0.4 is 10.6 Å². The molecular formula is C17H30N4. The van der Waals surface area contributed by atoms with Gasteiger partial charge in [-0.25, -0.2) is 9.97 Å². The van der Waals surface area contributed by atoms with Gasteiger partial charge in [0, 0.05) is 18.2 Å². The second-order valence-electron chi connectivity index (χ2n) is 6.78. The SMILES string of the molecule is CCNc1ncnc(NC2CCC(C)C(C)C2)c1C(C)C. The number of hydrogen-bond donors (Lipinski definition) is 2. The second kappa shape index (κ2) is 7.10. The van der Waals surface area contributed by atoms with Crippen molar-refractivity contribution in [3.05, 3.63) is 11.9 Å². The summed E-state index contributed by atoms with van der Waals surface area (Å²) < 4.78 is 0. The van der Waals surface area contributed by atoms with E-state index in [1.807, 2.05) is 0 Å². The summed E-state index contributed by atoms with van der Waals surface area (Å²) in [6.45, 7) is 12.1. The van der Waals surface area contributed by atoms with Gasteiger partial charge >= 0.3 is 0 Å². The summed E-state index contributed by atoms with van der Waals surface area (Å²) in [5, 5.41) is 7.05. The Bertz CT molecular complexity index is 458. The summed E-state index contributed by atoms with van der Waals surface area (Å²) in [7, 11) is 0. The van der Waals surface area contributed by atoms with Gasteiger partial charge in [0.15, 0.2) is 0 Å². The van der Waals surface area contributed by atoms with Crippen molar-refractivity contribution in [2.75, 3.05) is 17.2 Å². The van der Waals surface area contributed by atoms with Crippen LogP contribution in [0.3, 0.4) is 0 Å². The number of anilines is 2. The normalized spacial score (nSPS) is 25.9. The van der Waals surface area contributed by atoms with Crippen molar-refractivity contribution in [3.63, 3.8) is 0 Å². The molecular weight excluding hydrogens is 260 g/mol. The third-order valence-corrected chi connectivity index (χ3v) is 4.74. The molecule has 2 N–H and O–H groups in total. The standard InChI is InChI=1S/C17H30N4/c1-6-18-16-15(11(2)3)17(20-10-19-16)21-14-8-7-12(4)13(5)9-14/h10-14H,6-9H2,1-5H3,(H2,18,19,20,21). The summed E-state index contributed by atoms with van der Waals surface area (Å²) in [4.78, 5) is 8.93. The Balaban J connectivity index is 2.17. The van der Waals surface area contributed by atoms with Crippen LogP contribution in [0, 0.1) is 11.8 Å². The first kappa shape index (κ1) is 16.1. The predicted molar refractivity (Wildman–Crippen MR) is 89.9 cm³/mol. The minimum Gasteiger partial charge on any atom is -0.370 e. The minimum atomic E-state index is 0.405. The quantitative estimate of drug-likeness (QED) is 0.850. The molecule has 4 nitrogen and oxygen atoms in total. The van der Waals surface area contributed by atoms with E-state index < -0.39 is 0 Å². The van der Waals surface area contributed by atoms with Gasteiger partial charge in [-0.2, -0.15) is 0 Å². The van der Waals surface area contributed by atoms with Crippen molar-refractivity contribution in [2.45, 2.75) is 65.8 Å². The molecule has 0 aliphatic heterocycles. The van der Waals surface area contributed by atoms with E-state index in [-0.39, 0.29) is 0 Å². The molecule has 118 valence electrons. The molecule has 4 heteroatoms. The molecule has 1 fully saturated rings. The Morgan fingerprint density at radius 1 is 1.14 bits per heavy atom. The van der Waals surface area contributed by atoms with E-state index in [0.29, 0.717) is 12.0 Å². The van der Waals surface area contributed by atoms with E-state index in [1.54, 1.807) is 6.33 Å². The van der Waals surface area contributed by atoms with Crippen molar-refractivity contribution >= 4 is 11.6 Å². The number of nitrogens with one attached hydrogen (secondary N) is 2. The van der Waals surface area contributed by atoms with Crippen LogP contribution in [-0.4, -0.2) is 22.6 Å².